The van der Waals surface area contributed by atoms with E-state index >= 15 is 0 Å². The number of amides is 1. The Labute approximate surface area is 123 Å². The number of rotatable bonds is 5. The van der Waals surface area contributed by atoms with Gasteiger partial charge in [0.05, 0.1) is 11.4 Å². The molecule has 2 aromatic carbocycles. The van der Waals surface area contributed by atoms with Crippen molar-refractivity contribution < 1.29 is 9.18 Å². The molecule has 0 saturated heterocycles. The Bertz CT molecular complexity index is 626. The van der Waals surface area contributed by atoms with Crippen LogP contribution in [0.2, 0.25) is 0 Å². The molecule has 5 heteroatoms. The second kappa shape index (κ2) is 6.74. The second-order valence-corrected chi connectivity index (χ2v) is 4.64. The standard InChI is InChI=1S/C16H18FN3O/c1-2-19-16(21)12-5-8-15(14(18)9-12)20-10-11-3-6-13(17)7-4-11/h3-9,20H,2,10,18H2,1H3,(H,19,21). The van der Waals surface area contributed by atoms with Crippen LogP contribution >= 0.6 is 0 Å². The van der Waals surface area contributed by atoms with Crippen molar-refractivity contribution in [1.82, 2.24) is 5.32 Å². The summed E-state index contributed by atoms with van der Waals surface area (Å²) in [6.07, 6.45) is 0. The van der Waals surface area contributed by atoms with Gasteiger partial charge in [0, 0.05) is 18.7 Å². The molecule has 0 radical (unpaired) electrons. The molecule has 4 N–H and O–H groups in total. The van der Waals surface area contributed by atoms with E-state index in [2.05, 4.69) is 10.6 Å². The molecule has 0 saturated carbocycles. The van der Waals surface area contributed by atoms with Gasteiger partial charge in [-0.1, -0.05) is 12.1 Å². The molecule has 21 heavy (non-hydrogen) atoms. The number of benzene rings is 2. The quantitative estimate of drug-likeness (QED) is 0.741. The number of anilines is 2. The summed E-state index contributed by atoms with van der Waals surface area (Å²) in [5.41, 5.74) is 8.66. The second-order valence-electron chi connectivity index (χ2n) is 4.64. The van der Waals surface area contributed by atoms with E-state index in [0.29, 0.717) is 24.3 Å². The predicted octanol–water partition coefficient (Wildman–Crippen LogP) is 2.77. The van der Waals surface area contributed by atoms with Gasteiger partial charge in [-0.2, -0.15) is 0 Å². The van der Waals surface area contributed by atoms with E-state index in [4.69, 9.17) is 5.73 Å². The Kier molecular flexibility index (Phi) is 4.77. The minimum atomic E-state index is -0.260. The lowest BCUT2D eigenvalue weighted by molar-refractivity contribution is 0.0956. The molecular weight excluding hydrogens is 269 g/mol. The maximum absolute atomic E-state index is 12.8. The Morgan fingerprint density at radius 3 is 2.52 bits per heavy atom. The zero-order chi connectivity index (χ0) is 15.2. The van der Waals surface area contributed by atoms with Crippen molar-refractivity contribution in [2.24, 2.45) is 0 Å². The molecule has 110 valence electrons. The smallest absolute Gasteiger partial charge is 0.251 e. The van der Waals surface area contributed by atoms with Gasteiger partial charge in [-0.15, -0.1) is 0 Å². The van der Waals surface area contributed by atoms with Crippen LogP contribution in [0.4, 0.5) is 15.8 Å². The average Bonchev–Trinajstić information content (AvgIpc) is 2.48. The predicted molar refractivity (Wildman–Crippen MR) is 82.6 cm³/mol. The lowest BCUT2D eigenvalue weighted by Gasteiger charge is -2.11. The molecule has 0 unspecified atom stereocenters. The summed E-state index contributed by atoms with van der Waals surface area (Å²) < 4.78 is 12.8. The van der Waals surface area contributed by atoms with Crippen LogP contribution in [0.25, 0.3) is 0 Å². The van der Waals surface area contributed by atoms with Crippen LogP contribution in [0, 0.1) is 5.82 Å². The fourth-order valence-electron chi connectivity index (χ4n) is 1.93. The highest BCUT2D eigenvalue weighted by Gasteiger charge is 2.07. The summed E-state index contributed by atoms with van der Waals surface area (Å²) in [5.74, 6) is -0.404. The first-order valence-electron chi connectivity index (χ1n) is 6.76. The third kappa shape index (κ3) is 3.95. The Hall–Kier alpha value is -2.56. The molecule has 0 aliphatic rings. The number of nitrogens with two attached hydrogens (primary N) is 1. The normalized spacial score (nSPS) is 10.2. The van der Waals surface area contributed by atoms with Crippen molar-refractivity contribution in [1.29, 1.82) is 0 Å². The molecule has 0 fully saturated rings. The van der Waals surface area contributed by atoms with E-state index < -0.39 is 0 Å². The summed E-state index contributed by atoms with van der Waals surface area (Å²) in [4.78, 5) is 11.7. The summed E-state index contributed by atoms with van der Waals surface area (Å²) in [5, 5.41) is 5.89. The fraction of sp³-hybridized carbons (Fsp3) is 0.188. The number of nitrogen functional groups attached to an aromatic ring is 1. The largest absolute Gasteiger partial charge is 0.397 e. The van der Waals surface area contributed by atoms with Gasteiger partial charge in [-0.25, -0.2) is 4.39 Å². The van der Waals surface area contributed by atoms with Crippen molar-refractivity contribution in [2.45, 2.75) is 13.5 Å². The zero-order valence-corrected chi connectivity index (χ0v) is 11.8. The van der Waals surface area contributed by atoms with Crippen LogP contribution in [0.15, 0.2) is 42.5 Å². The monoisotopic (exact) mass is 287 g/mol. The third-order valence-corrected chi connectivity index (χ3v) is 3.05. The fourth-order valence-corrected chi connectivity index (χ4v) is 1.93. The van der Waals surface area contributed by atoms with Crippen LogP contribution in [-0.2, 0) is 6.54 Å². The number of halogens is 1. The van der Waals surface area contributed by atoms with Gasteiger partial charge < -0.3 is 16.4 Å². The molecule has 1 amide bonds. The van der Waals surface area contributed by atoms with Crippen LogP contribution in [0.5, 0.6) is 0 Å². The van der Waals surface area contributed by atoms with Gasteiger partial charge in [-0.05, 0) is 42.8 Å². The van der Waals surface area contributed by atoms with Gasteiger partial charge in [0.15, 0.2) is 0 Å². The van der Waals surface area contributed by atoms with Crippen molar-refractivity contribution in [2.75, 3.05) is 17.6 Å². The minimum absolute atomic E-state index is 0.144. The van der Waals surface area contributed by atoms with E-state index in [0.717, 1.165) is 11.3 Å². The molecule has 0 bridgehead atoms. The molecule has 0 atom stereocenters. The van der Waals surface area contributed by atoms with Crippen LogP contribution < -0.4 is 16.4 Å². The molecule has 0 spiro atoms. The lowest BCUT2D eigenvalue weighted by atomic mass is 10.1. The van der Waals surface area contributed by atoms with Crippen molar-refractivity contribution >= 4 is 17.3 Å². The first-order valence-corrected chi connectivity index (χ1v) is 6.76. The lowest BCUT2D eigenvalue weighted by Crippen LogP contribution is -2.22. The maximum Gasteiger partial charge on any atom is 0.251 e. The highest BCUT2D eigenvalue weighted by molar-refractivity contribution is 5.96. The summed E-state index contributed by atoms with van der Waals surface area (Å²) >= 11 is 0. The Balaban J connectivity index is 2.04. The van der Waals surface area contributed by atoms with E-state index in [1.54, 1.807) is 30.3 Å². The molecule has 4 nitrogen and oxygen atoms in total. The summed E-state index contributed by atoms with van der Waals surface area (Å²) in [6.45, 7) is 2.97. The van der Waals surface area contributed by atoms with Crippen molar-refractivity contribution in [3.63, 3.8) is 0 Å². The third-order valence-electron chi connectivity index (χ3n) is 3.05. The molecule has 0 heterocycles. The Morgan fingerprint density at radius 2 is 1.90 bits per heavy atom. The minimum Gasteiger partial charge on any atom is -0.397 e. The summed E-state index contributed by atoms with van der Waals surface area (Å²) in [7, 11) is 0. The number of nitrogens with one attached hydrogen (secondary N) is 2. The summed E-state index contributed by atoms with van der Waals surface area (Å²) in [6, 6.07) is 11.4. The number of carbonyl (C=O) groups excluding carboxylic acids is 1. The van der Waals surface area contributed by atoms with Crippen LogP contribution in [-0.4, -0.2) is 12.5 Å². The van der Waals surface area contributed by atoms with Gasteiger partial charge in [0.1, 0.15) is 5.82 Å². The molecule has 2 aromatic rings. The highest BCUT2D eigenvalue weighted by atomic mass is 19.1. The van der Waals surface area contributed by atoms with E-state index in [9.17, 15) is 9.18 Å². The van der Waals surface area contributed by atoms with Gasteiger partial charge in [0.2, 0.25) is 0 Å². The SMILES string of the molecule is CCNC(=O)c1ccc(NCc2ccc(F)cc2)c(N)c1. The van der Waals surface area contributed by atoms with E-state index in [1.165, 1.54) is 12.1 Å². The first kappa shape index (κ1) is 14.8. The highest BCUT2D eigenvalue weighted by Crippen LogP contribution is 2.20. The number of carbonyl (C=O) groups is 1. The van der Waals surface area contributed by atoms with E-state index in [-0.39, 0.29) is 11.7 Å². The number of hydrogen-bond acceptors (Lipinski definition) is 3. The van der Waals surface area contributed by atoms with Gasteiger partial charge in [-0.3, -0.25) is 4.79 Å². The molecule has 0 aliphatic carbocycles. The molecule has 0 aromatic heterocycles. The zero-order valence-electron chi connectivity index (χ0n) is 11.8. The van der Waals surface area contributed by atoms with Crippen LogP contribution in [0.3, 0.4) is 0 Å². The van der Waals surface area contributed by atoms with Gasteiger partial charge >= 0.3 is 0 Å². The van der Waals surface area contributed by atoms with Gasteiger partial charge in [0.25, 0.3) is 5.91 Å². The van der Waals surface area contributed by atoms with Crippen molar-refractivity contribution in [3.05, 3.63) is 59.4 Å². The first-order chi connectivity index (χ1) is 10.1. The molecule has 2 rings (SSSR count). The molecular formula is C16H18FN3O. The maximum atomic E-state index is 12.8. The Morgan fingerprint density at radius 1 is 1.19 bits per heavy atom. The molecule has 0 aliphatic heterocycles. The average molecular weight is 287 g/mol. The topological polar surface area (TPSA) is 67.2 Å². The van der Waals surface area contributed by atoms with Crippen LogP contribution in [0.1, 0.15) is 22.8 Å². The van der Waals surface area contributed by atoms with Crippen molar-refractivity contribution in [3.8, 4) is 0 Å². The number of hydrogen-bond donors (Lipinski definition) is 3. The van der Waals surface area contributed by atoms with E-state index in [1.807, 2.05) is 6.92 Å².